The minimum atomic E-state index is 0. The van der Waals surface area contributed by atoms with Crippen molar-refractivity contribution in [3.63, 3.8) is 0 Å². The van der Waals surface area contributed by atoms with Gasteiger partial charge in [-0.05, 0) is 12.8 Å². The van der Waals surface area contributed by atoms with Crippen LogP contribution >= 0.6 is 0 Å². The second-order valence-electron chi connectivity index (χ2n) is 3.28. The molecular formula is C14H12Li2. The van der Waals surface area contributed by atoms with Crippen LogP contribution in [0.3, 0.4) is 0 Å². The number of hydrogen-bond donors (Lipinski definition) is 0. The summed E-state index contributed by atoms with van der Waals surface area (Å²) in [5.74, 6) is 0. The molecule has 0 aliphatic heterocycles. The Bertz CT molecular complexity index is 331. The summed E-state index contributed by atoms with van der Waals surface area (Å²) in [5, 5.41) is 0. The molecule has 2 aromatic rings. The van der Waals surface area contributed by atoms with Crippen LogP contribution in [0, 0.1) is 12.1 Å². The summed E-state index contributed by atoms with van der Waals surface area (Å²) in [6.07, 6.45) is 2.09. The van der Waals surface area contributed by atoms with Crippen LogP contribution in [0.15, 0.2) is 48.5 Å². The minimum Gasteiger partial charge on any atom is -0.180 e. The van der Waals surface area contributed by atoms with Crippen LogP contribution in [0.5, 0.6) is 0 Å². The molecule has 70 valence electrons. The summed E-state index contributed by atoms with van der Waals surface area (Å²) in [7, 11) is 0. The summed E-state index contributed by atoms with van der Waals surface area (Å²) in [5.41, 5.74) is 2.54. The minimum absolute atomic E-state index is 0. The summed E-state index contributed by atoms with van der Waals surface area (Å²) in [6.45, 7) is 0. The fraction of sp³-hybridized carbons (Fsp3) is 0.143. The van der Waals surface area contributed by atoms with Crippen LogP contribution in [0.2, 0.25) is 0 Å². The Kier molecular flexibility index (Phi) is 8.55. The van der Waals surface area contributed by atoms with Crippen LogP contribution in [-0.2, 0) is 12.8 Å². The van der Waals surface area contributed by atoms with Gasteiger partial charge < -0.3 is 0 Å². The zero-order valence-electron chi connectivity index (χ0n) is 10.0. The Labute approximate surface area is 122 Å². The van der Waals surface area contributed by atoms with E-state index >= 15 is 0 Å². The van der Waals surface area contributed by atoms with Crippen molar-refractivity contribution in [2.75, 3.05) is 0 Å². The van der Waals surface area contributed by atoms with Crippen molar-refractivity contribution >= 4 is 0 Å². The first-order valence-electron chi connectivity index (χ1n) is 4.86. The van der Waals surface area contributed by atoms with Crippen LogP contribution in [0.25, 0.3) is 0 Å². The van der Waals surface area contributed by atoms with E-state index in [1.54, 1.807) is 0 Å². The van der Waals surface area contributed by atoms with Gasteiger partial charge in [-0.25, -0.2) is 0 Å². The summed E-state index contributed by atoms with van der Waals surface area (Å²) in [4.78, 5) is 0. The maximum Gasteiger partial charge on any atom is 1.00 e. The molecule has 0 saturated carbocycles. The molecule has 2 rings (SSSR count). The smallest absolute Gasteiger partial charge is 0.180 e. The second kappa shape index (κ2) is 8.75. The molecule has 0 aromatic heterocycles. The Morgan fingerprint density at radius 3 is 1.44 bits per heavy atom. The van der Waals surface area contributed by atoms with Crippen LogP contribution in [0.1, 0.15) is 11.1 Å². The van der Waals surface area contributed by atoms with E-state index in [2.05, 4.69) is 36.4 Å². The fourth-order valence-corrected chi connectivity index (χ4v) is 1.44. The first kappa shape index (κ1) is 15.6. The molecule has 0 atom stereocenters. The molecule has 0 saturated heterocycles. The van der Waals surface area contributed by atoms with Crippen molar-refractivity contribution in [3.8, 4) is 0 Å². The zero-order chi connectivity index (χ0) is 9.64. The third-order valence-corrected chi connectivity index (χ3v) is 2.21. The van der Waals surface area contributed by atoms with E-state index in [0.717, 1.165) is 12.8 Å². The van der Waals surface area contributed by atoms with Gasteiger partial charge in [0.15, 0.2) is 0 Å². The van der Waals surface area contributed by atoms with E-state index in [1.807, 2.05) is 24.3 Å². The molecule has 0 aliphatic rings. The molecule has 0 unspecified atom stereocenters. The van der Waals surface area contributed by atoms with E-state index in [1.165, 1.54) is 11.1 Å². The number of aryl methyl sites for hydroxylation is 2. The Hall–Kier alpha value is -0.365. The maximum absolute atomic E-state index is 3.22. The van der Waals surface area contributed by atoms with E-state index in [9.17, 15) is 0 Å². The largest absolute Gasteiger partial charge is 1.00 e. The summed E-state index contributed by atoms with van der Waals surface area (Å²) >= 11 is 0. The Morgan fingerprint density at radius 1 is 0.688 bits per heavy atom. The van der Waals surface area contributed by atoms with Crippen molar-refractivity contribution < 1.29 is 37.7 Å². The van der Waals surface area contributed by atoms with Gasteiger partial charge in [0.05, 0.1) is 0 Å². The van der Waals surface area contributed by atoms with Crippen LogP contribution < -0.4 is 37.7 Å². The third kappa shape index (κ3) is 5.11. The van der Waals surface area contributed by atoms with Gasteiger partial charge in [0.1, 0.15) is 0 Å². The molecule has 0 fully saturated rings. The molecule has 0 heterocycles. The summed E-state index contributed by atoms with van der Waals surface area (Å²) < 4.78 is 0. The van der Waals surface area contributed by atoms with Crippen LogP contribution in [0.4, 0.5) is 0 Å². The number of rotatable bonds is 3. The van der Waals surface area contributed by atoms with Gasteiger partial charge in [0, 0.05) is 0 Å². The maximum atomic E-state index is 3.22. The van der Waals surface area contributed by atoms with Crippen molar-refractivity contribution in [1.82, 2.24) is 0 Å². The molecule has 0 bridgehead atoms. The van der Waals surface area contributed by atoms with E-state index in [0.29, 0.717) is 0 Å². The monoisotopic (exact) mass is 194 g/mol. The molecule has 0 N–H and O–H groups in total. The van der Waals surface area contributed by atoms with Crippen molar-refractivity contribution in [2.24, 2.45) is 0 Å². The molecule has 0 aliphatic carbocycles. The van der Waals surface area contributed by atoms with Gasteiger partial charge in [-0.3, -0.25) is 0 Å². The predicted molar refractivity (Wildman–Crippen MR) is 58.0 cm³/mol. The quantitative estimate of drug-likeness (QED) is 0.363. The van der Waals surface area contributed by atoms with Gasteiger partial charge >= 0.3 is 37.7 Å². The average molecular weight is 194 g/mol. The van der Waals surface area contributed by atoms with Crippen molar-refractivity contribution in [1.29, 1.82) is 0 Å². The molecule has 2 aromatic carbocycles. The molecule has 16 heavy (non-hydrogen) atoms. The fourth-order valence-electron chi connectivity index (χ4n) is 1.44. The molecular weight excluding hydrogens is 182 g/mol. The normalized spacial score (nSPS) is 8.75. The van der Waals surface area contributed by atoms with Gasteiger partial charge in [-0.2, -0.15) is 71.8 Å². The van der Waals surface area contributed by atoms with E-state index in [-0.39, 0.29) is 37.7 Å². The van der Waals surface area contributed by atoms with Gasteiger partial charge in [0.2, 0.25) is 0 Å². The molecule has 2 heteroatoms. The summed E-state index contributed by atoms with van der Waals surface area (Å²) in [6, 6.07) is 22.7. The average Bonchev–Trinajstić information content (AvgIpc) is 2.29. The second-order valence-corrected chi connectivity index (χ2v) is 3.28. The SMILES string of the molecule is [Li+].[Li+].[c-]1ccccc1CCc1[c-]cccc1. The number of benzene rings is 2. The van der Waals surface area contributed by atoms with Crippen molar-refractivity contribution in [2.45, 2.75) is 12.8 Å². The van der Waals surface area contributed by atoms with Crippen LogP contribution in [-0.4, -0.2) is 0 Å². The topological polar surface area (TPSA) is 0 Å². The standard InChI is InChI=1S/C14H12.2Li/c1-3-7-13(8-4-1)11-12-14-9-5-2-6-10-14;;/h1-7,9H,11-12H2;;/q-2;2*+1. The Balaban J connectivity index is 0.00000112. The third-order valence-electron chi connectivity index (χ3n) is 2.21. The van der Waals surface area contributed by atoms with Gasteiger partial charge in [-0.15, -0.1) is 0 Å². The zero-order valence-corrected chi connectivity index (χ0v) is 10.0. The van der Waals surface area contributed by atoms with Gasteiger partial charge in [-0.1, -0.05) is 0 Å². The Morgan fingerprint density at radius 2 is 1.12 bits per heavy atom. The predicted octanol–water partition coefficient (Wildman–Crippen LogP) is -2.92. The molecule has 0 spiro atoms. The van der Waals surface area contributed by atoms with Crippen molar-refractivity contribution in [3.05, 3.63) is 71.8 Å². The number of hydrogen-bond acceptors (Lipinski definition) is 0. The molecule has 0 radical (unpaired) electrons. The first-order valence-corrected chi connectivity index (χ1v) is 4.86. The van der Waals surface area contributed by atoms with Gasteiger partial charge in [0.25, 0.3) is 0 Å². The molecule has 0 nitrogen and oxygen atoms in total. The van der Waals surface area contributed by atoms with E-state index in [4.69, 9.17) is 0 Å². The first-order chi connectivity index (χ1) is 6.95. The van der Waals surface area contributed by atoms with E-state index < -0.39 is 0 Å². The molecule has 0 amide bonds.